The molecular formula is C19H22ClNO3. The number of methoxy groups -OCH3 is 1. The van der Waals surface area contributed by atoms with Crippen molar-refractivity contribution in [3.63, 3.8) is 0 Å². The van der Waals surface area contributed by atoms with Gasteiger partial charge in [-0.15, -0.1) is 0 Å². The number of nitrogens with one attached hydrogen (secondary N) is 1. The molecule has 1 amide bonds. The number of hydrogen-bond acceptors (Lipinski definition) is 3. The third kappa shape index (κ3) is 4.65. The molecule has 0 aliphatic rings. The first kappa shape index (κ1) is 18.1. The number of hydrogen-bond donors (Lipinski definition) is 1. The summed E-state index contributed by atoms with van der Waals surface area (Å²) in [7, 11) is 1.56. The first-order chi connectivity index (χ1) is 11.4. The van der Waals surface area contributed by atoms with E-state index in [9.17, 15) is 4.79 Å². The molecule has 5 heteroatoms. The minimum absolute atomic E-state index is 0.0310. The molecule has 0 aromatic heterocycles. The molecule has 0 heterocycles. The van der Waals surface area contributed by atoms with Crippen LogP contribution in [-0.2, 0) is 0 Å². The SMILES string of the molecule is COc1cc(C(=O)NC(C)c2ccc(Cl)cc2)ccc1OC(C)C. The maximum absolute atomic E-state index is 12.5. The van der Waals surface area contributed by atoms with Gasteiger partial charge in [-0.3, -0.25) is 4.79 Å². The molecule has 0 saturated carbocycles. The fourth-order valence-corrected chi connectivity index (χ4v) is 2.40. The molecule has 0 aliphatic heterocycles. The molecule has 0 spiro atoms. The number of benzene rings is 2. The van der Waals surface area contributed by atoms with E-state index in [4.69, 9.17) is 21.1 Å². The Hall–Kier alpha value is -2.20. The summed E-state index contributed by atoms with van der Waals surface area (Å²) < 4.78 is 11.0. The van der Waals surface area contributed by atoms with Gasteiger partial charge in [0.05, 0.1) is 19.3 Å². The molecule has 2 aromatic carbocycles. The Labute approximate surface area is 147 Å². The van der Waals surface area contributed by atoms with Crippen molar-refractivity contribution < 1.29 is 14.3 Å². The minimum Gasteiger partial charge on any atom is -0.493 e. The second-order valence-corrected chi connectivity index (χ2v) is 6.22. The van der Waals surface area contributed by atoms with Crippen molar-refractivity contribution in [1.29, 1.82) is 0 Å². The van der Waals surface area contributed by atoms with Crippen molar-refractivity contribution in [2.24, 2.45) is 0 Å². The van der Waals surface area contributed by atoms with Crippen LogP contribution in [-0.4, -0.2) is 19.1 Å². The molecule has 0 fully saturated rings. The van der Waals surface area contributed by atoms with Crippen LogP contribution in [0.4, 0.5) is 0 Å². The Morgan fingerprint density at radius 2 is 1.71 bits per heavy atom. The van der Waals surface area contributed by atoms with E-state index < -0.39 is 0 Å². The van der Waals surface area contributed by atoms with Crippen molar-refractivity contribution in [1.82, 2.24) is 5.32 Å². The van der Waals surface area contributed by atoms with Gasteiger partial charge in [-0.1, -0.05) is 23.7 Å². The van der Waals surface area contributed by atoms with Crippen molar-refractivity contribution in [3.05, 3.63) is 58.6 Å². The smallest absolute Gasteiger partial charge is 0.251 e. The van der Waals surface area contributed by atoms with E-state index in [2.05, 4.69) is 5.32 Å². The standard InChI is InChI=1S/C19H22ClNO3/c1-12(2)24-17-10-7-15(11-18(17)23-4)19(22)21-13(3)14-5-8-16(20)9-6-14/h5-13H,1-4H3,(H,21,22). The average molecular weight is 348 g/mol. The summed E-state index contributed by atoms with van der Waals surface area (Å²) in [5.41, 5.74) is 1.50. The summed E-state index contributed by atoms with van der Waals surface area (Å²) in [6.07, 6.45) is 0.0310. The highest BCUT2D eigenvalue weighted by Gasteiger charge is 2.15. The van der Waals surface area contributed by atoms with Crippen LogP contribution < -0.4 is 14.8 Å². The van der Waals surface area contributed by atoms with Crippen LogP contribution in [0.25, 0.3) is 0 Å². The van der Waals surface area contributed by atoms with E-state index in [-0.39, 0.29) is 18.1 Å². The minimum atomic E-state index is -0.174. The van der Waals surface area contributed by atoms with Crippen molar-refractivity contribution >= 4 is 17.5 Å². The summed E-state index contributed by atoms with van der Waals surface area (Å²) in [5, 5.41) is 3.63. The highest BCUT2D eigenvalue weighted by atomic mass is 35.5. The van der Waals surface area contributed by atoms with Crippen LogP contribution in [0.5, 0.6) is 11.5 Å². The van der Waals surface area contributed by atoms with Crippen molar-refractivity contribution in [2.75, 3.05) is 7.11 Å². The second-order valence-electron chi connectivity index (χ2n) is 5.78. The maximum Gasteiger partial charge on any atom is 0.251 e. The molecule has 0 radical (unpaired) electrons. The first-order valence-electron chi connectivity index (χ1n) is 7.81. The van der Waals surface area contributed by atoms with E-state index >= 15 is 0 Å². The molecule has 2 rings (SSSR count). The Morgan fingerprint density at radius 3 is 2.29 bits per heavy atom. The lowest BCUT2D eigenvalue weighted by atomic mass is 10.1. The molecule has 0 saturated heterocycles. The van der Waals surface area contributed by atoms with Gasteiger partial charge >= 0.3 is 0 Å². The molecule has 0 aliphatic carbocycles. The van der Waals surface area contributed by atoms with Crippen LogP contribution in [0.2, 0.25) is 5.02 Å². The molecule has 2 aromatic rings. The van der Waals surface area contributed by atoms with Gasteiger partial charge in [-0.25, -0.2) is 0 Å². The first-order valence-corrected chi connectivity index (χ1v) is 8.19. The van der Waals surface area contributed by atoms with Gasteiger partial charge in [0.1, 0.15) is 0 Å². The van der Waals surface area contributed by atoms with Crippen molar-refractivity contribution in [3.8, 4) is 11.5 Å². The normalized spacial score (nSPS) is 11.9. The molecule has 1 N–H and O–H groups in total. The summed E-state index contributed by atoms with van der Waals surface area (Å²) in [4.78, 5) is 12.5. The van der Waals surface area contributed by atoms with Gasteiger partial charge in [0.25, 0.3) is 5.91 Å². The second kappa shape index (κ2) is 8.06. The van der Waals surface area contributed by atoms with Crippen LogP contribution in [0.3, 0.4) is 0 Å². The van der Waals surface area contributed by atoms with Gasteiger partial charge in [-0.05, 0) is 56.7 Å². The van der Waals surface area contributed by atoms with Gasteiger partial charge in [0.2, 0.25) is 0 Å². The number of amides is 1. The zero-order chi connectivity index (χ0) is 17.7. The molecule has 4 nitrogen and oxygen atoms in total. The van der Waals surface area contributed by atoms with Crippen LogP contribution >= 0.6 is 11.6 Å². The van der Waals surface area contributed by atoms with Crippen LogP contribution in [0.1, 0.15) is 42.7 Å². The van der Waals surface area contributed by atoms with Gasteiger partial charge in [-0.2, -0.15) is 0 Å². The largest absolute Gasteiger partial charge is 0.493 e. The third-order valence-electron chi connectivity index (χ3n) is 3.51. The lowest BCUT2D eigenvalue weighted by Gasteiger charge is -2.17. The lowest BCUT2D eigenvalue weighted by molar-refractivity contribution is 0.0939. The molecular weight excluding hydrogens is 326 g/mol. The van der Waals surface area contributed by atoms with Gasteiger partial charge < -0.3 is 14.8 Å². The zero-order valence-corrected chi connectivity index (χ0v) is 15.1. The van der Waals surface area contributed by atoms with E-state index in [1.54, 1.807) is 37.4 Å². The van der Waals surface area contributed by atoms with E-state index in [1.807, 2.05) is 32.9 Å². The summed E-state index contributed by atoms with van der Waals surface area (Å²) in [6, 6.07) is 12.4. The molecule has 128 valence electrons. The maximum atomic E-state index is 12.5. The van der Waals surface area contributed by atoms with Gasteiger partial charge in [0, 0.05) is 10.6 Å². The fourth-order valence-electron chi connectivity index (χ4n) is 2.27. The summed E-state index contributed by atoms with van der Waals surface area (Å²) in [5.74, 6) is 0.983. The van der Waals surface area contributed by atoms with Gasteiger partial charge in [0.15, 0.2) is 11.5 Å². The van der Waals surface area contributed by atoms with Crippen LogP contribution in [0.15, 0.2) is 42.5 Å². The van der Waals surface area contributed by atoms with E-state index in [0.29, 0.717) is 22.1 Å². The Morgan fingerprint density at radius 1 is 1.04 bits per heavy atom. The monoisotopic (exact) mass is 347 g/mol. The van der Waals surface area contributed by atoms with E-state index in [0.717, 1.165) is 5.56 Å². The highest BCUT2D eigenvalue weighted by molar-refractivity contribution is 6.30. The molecule has 1 unspecified atom stereocenters. The zero-order valence-electron chi connectivity index (χ0n) is 14.3. The molecule has 24 heavy (non-hydrogen) atoms. The van der Waals surface area contributed by atoms with Crippen LogP contribution in [0, 0.1) is 0 Å². The fraction of sp³-hybridized carbons (Fsp3) is 0.316. The average Bonchev–Trinajstić information content (AvgIpc) is 2.55. The number of ether oxygens (including phenoxy) is 2. The summed E-state index contributed by atoms with van der Waals surface area (Å²) in [6.45, 7) is 5.80. The predicted octanol–water partition coefficient (Wildman–Crippen LogP) is 4.63. The lowest BCUT2D eigenvalue weighted by Crippen LogP contribution is -2.26. The number of carbonyl (C=O) groups excluding carboxylic acids is 1. The Balaban J connectivity index is 2.12. The third-order valence-corrected chi connectivity index (χ3v) is 3.76. The number of carbonyl (C=O) groups is 1. The van der Waals surface area contributed by atoms with Crippen molar-refractivity contribution in [2.45, 2.75) is 32.9 Å². The number of rotatable bonds is 6. The Bertz CT molecular complexity index is 698. The molecule has 0 bridgehead atoms. The Kier molecular flexibility index (Phi) is 6.10. The molecule has 1 atom stereocenters. The predicted molar refractivity (Wildman–Crippen MR) is 96.1 cm³/mol. The summed E-state index contributed by atoms with van der Waals surface area (Å²) >= 11 is 5.89. The van der Waals surface area contributed by atoms with E-state index in [1.165, 1.54) is 0 Å². The highest BCUT2D eigenvalue weighted by Crippen LogP contribution is 2.29. The quantitative estimate of drug-likeness (QED) is 0.829. The number of halogens is 1. The topological polar surface area (TPSA) is 47.6 Å².